The number of hydrogen-bond acceptors (Lipinski definition) is 3. The molecule has 70 valence electrons. The average Bonchev–Trinajstić information content (AvgIpc) is 2.66. The van der Waals surface area contributed by atoms with Crippen molar-refractivity contribution in [2.24, 2.45) is 5.92 Å². The largest absolute Gasteiger partial charge is 0.469 e. The van der Waals surface area contributed by atoms with Crippen molar-refractivity contribution >= 4 is 5.97 Å². The lowest BCUT2D eigenvalue weighted by atomic mass is 10.2. The van der Waals surface area contributed by atoms with Gasteiger partial charge in [0.05, 0.1) is 13.5 Å². The third-order valence-corrected chi connectivity index (χ3v) is 2.31. The van der Waals surface area contributed by atoms with Crippen molar-refractivity contribution in [3.05, 3.63) is 0 Å². The second-order valence-electron chi connectivity index (χ2n) is 3.67. The number of rotatable bonds is 4. The maximum atomic E-state index is 10.8. The van der Waals surface area contributed by atoms with Crippen LogP contribution < -0.4 is 5.32 Å². The van der Waals surface area contributed by atoms with E-state index >= 15 is 0 Å². The zero-order valence-corrected chi connectivity index (χ0v) is 7.96. The Morgan fingerprint density at radius 2 is 2.33 bits per heavy atom. The molecule has 1 N–H and O–H groups in total. The van der Waals surface area contributed by atoms with Crippen LogP contribution in [-0.2, 0) is 9.53 Å². The molecule has 0 aromatic heterocycles. The number of carbonyl (C=O) groups excluding carboxylic acids is 1. The van der Waals surface area contributed by atoms with Gasteiger partial charge in [-0.05, 0) is 19.3 Å². The Morgan fingerprint density at radius 1 is 1.75 bits per heavy atom. The van der Waals surface area contributed by atoms with E-state index in [0.29, 0.717) is 12.5 Å². The second-order valence-corrected chi connectivity index (χ2v) is 3.67. The highest BCUT2D eigenvalue weighted by molar-refractivity contribution is 5.69. The van der Waals surface area contributed by atoms with Gasteiger partial charge in [-0.25, -0.2) is 0 Å². The Kier molecular flexibility index (Phi) is 3.09. The molecule has 3 nitrogen and oxygen atoms in total. The first-order chi connectivity index (χ1) is 5.63. The summed E-state index contributed by atoms with van der Waals surface area (Å²) in [5, 5.41) is 3.37. The molecule has 0 aromatic rings. The summed E-state index contributed by atoms with van der Waals surface area (Å²) in [5.41, 5.74) is 0. The van der Waals surface area contributed by atoms with Crippen molar-refractivity contribution < 1.29 is 9.53 Å². The molecular weight excluding hydrogens is 154 g/mol. The van der Waals surface area contributed by atoms with Crippen LogP contribution in [0.15, 0.2) is 0 Å². The van der Waals surface area contributed by atoms with Crippen LogP contribution in [0, 0.1) is 5.92 Å². The topological polar surface area (TPSA) is 38.3 Å². The fourth-order valence-corrected chi connectivity index (χ4v) is 1.31. The summed E-state index contributed by atoms with van der Waals surface area (Å²) in [6.45, 7) is 4.23. The van der Waals surface area contributed by atoms with Crippen LogP contribution in [0.5, 0.6) is 0 Å². The first kappa shape index (κ1) is 9.52. The van der Waals surface area contributed by atoms with Crippen LogP contribution in [0.2, 0.25) is 0 Å². The first-order valence-corrected chi connectivity index (χ1v) is 4.46. The number of hydrogen-bond donors (Lipinski definition) is 1. The van der Waals surface area contributed by atoms with Crippen molar-refractivity contribution in [2.75, 3.05) is 7.11 Å². The summed E-state index contributed by atoms with van der Waals surface area (Å²) >= 11 is 0. The Labute approximate surface area is 73.5 Å². The van der Waals surface area contributed by atoms with E-state index < -0.39 is 0 Å². The molecule has 3 heteroatoms. The molecule has 3 unspecified atom stereocenters. The molecule has 0 bridgehead atoms. The molecule has 1 saturated carbocycles. The zero-order valence-electron chi connectivity index (χ0n) is 7.96. The van der Waals surface area contributed by atoms with Crippen LogP contribution in [0.1, 0.15) is 26.7 Å². The van der Waals surface area contributed by atoms with Gasteiger partial charge < -0.3 is 10.1 Å². The van der Waals surface area contributed by atoms with E-state index in [2.05, 4.69) is 17.0 Å². The van der Waals surface area contributed by atoms with Gasteiger partial charge in [0.15, 0.2) is 0 Å². The lowest BCUT2D eigenvalue weighted by Crippen LogP contribution is -2.31. The van der Waals surface area contributed by atoms with Crippen molar-refractivity contribution in [2.45, 2.75) is 38.8 Å². The second kappa shape index (κ2) is 3.90. The number of methoxy groups -OCH3 is 1. The minimum atomic E-state index is -0.136. The number of ether oxygens (including phenoxy) is 1. The highest BCUT2D eigenvalue weighted by Crippen LogP contribution is 2.29. The predicted molar refractivity (Wildman–Crippen MR) is 46.8 cm³/mol. The number of carbonyl (C=O) groups is 1. The summed E-state index contributed by atoms with van der Waals surface area (Å²) in [6.07, 6.45) is 1.71. The van der Waals surface area contributed by atoms with Crippen LogP contribution in [0.3, 0.4) is 0 Å². The van der Waals surface area contributed by atoms with Crippen molar-refractivity contribution in [1.29, 1.82) is 0 Å². The molecule has 3 atom stereocenters. The van der Waals surface area contributed by atoms with Crippen LogP contribution in [-0.4, -0.2) is 25.2 Å². The fraction of sp³-hybridized carbons (Fsp3) is 0.889. The Hall–Kier alpha value is -0.570. The lowest BCUT2D eigenvalue weighted by molar-refractivity contribution is -0.141. The Morgan fingerprint density at radius 3 is 2.75 bits per heavy atom. The molecule has 0 saturated heterocycles. The quantitative estimate of drug-likeness (QED) is 0.640. The summed E-state index contributed by atoms with van der Waals surface area (Å²) < 4.78 is 4.57. The minimum Gasteiger partial charge on any atom is -0.469 e. The molecule has 1 rings (SSSR count). The smallest absolute Gasteiger partial charge is 0.307 e. The molecule has 1 aliphatic carbocycles. The number of nitrogens with one attached hydrogen (secondary N) is 1. The van der Waals surface area contributed by atoms with Crippen molar-refractivity contribution in [1.82, 2.24) is 5.32 Å². The molecule has 0 aliphatic heterocycles. The van der Waals surface area contributed by atoms with Gasteiger partial charge >= 0.3 is 5.97 Å². The molecule has 0 aromatic carbocycles. The van der Waals surface area contributed by atoms with Gasteiger partial charge in [-0.2, -0.15) is 0 Å². The highest BCUT2D eigenvalue weighted by Gasteiger charge is 2.33. The summed E-state index contributed by atoms with van der Waals surface area (Å²) in [5.74, 6) is 0.647. The maximum Gasteiger partial charge on any atom is 0.307 e. The van der Waals surface area contributed by atoms with Crippen LogP contribution in [0.4, 0.5) is 0 Å². The van der Waals surface area contributed by atoms with Gasteiger partial charge in [0.25, 0.3) is 0 Å². The normalized spacial score (nSPS) is 29.6. The zero-order chi connectivity index (χ0) is 9.14. The van der Waals surface area contributed by atoms with E-state index in [1.54, 1.807) is 0 Å². The Balaban J connectivity index is 2.11. The molecule has 0 spiro atoms. The predicted octanol–water partition coefficient (Wildman–Crippen LogP) is 0.936. The number of esters is 1. The maximum absolute atomic E-state index is 10.8. The monoisotopic (exact) mass is 171 g/mol. The van der Waals surface area contributed by atoms with Crippen molar-refractivity contribution in [3.63, 3.8) is 0 Å². The molecule has 0 heterocycles. The molecule has 0 amide bonds. The van der Waals surface area contributed by atoms with E-state index in [1.807, 2.05) is 6.92 Å². The summed E-state index contributed by atoms with van der Waals surface area (Å²) in [7, 11) is 1.43. The SMILES string of the molecule is COC(=O)CC(C)NC1CC1C. The van der Waals surface area contributed by atoms with Gasteiger partial charge in [0.2, 0.25) is 0 Å². The molecule has 0 radical (unpaired) electrons. The van der Waals surface area contributed by atoms with Gasteiger partial charge in [-0.15, -0.1) is 0 Å². The van der Waals surface area contributed by atoms with Crippen LogP contribution in [0.25, 0.3) is 0 Å². The van der Waals surface area contributed by atoms with E-state index in [0.717, 1.165) is 5.92 Å². The van der Waals surface area contributed by atoms with Gasteiger partial charge in [0.1, 0.15) is 0 Å². The average molecular weight is 171 g/mol. The van der Waals surface area contributed by atoms with Gasteiger partial charge in [-0.3, -0.25) is 4.79 Å². The lowest BCUT2D eigenvalue weighted by Gasteiger charge is -2.11. The van der Waals surface area contributed by atoms with E-state index in [-0.39, 0.29) is 12.0 Å². The van der Waals surface area contributed by atoms with Gasteiger partial charge in [-0.1, -0.05) is 6.92 Å². The van der Waals surface area contributed by atoms with E-state index in [9.17, 15) is 4.79 Å². The highest BCUT2D eigenvalue weighted by atomic mass is 16.5. The third-order valence-electron chi connectivity index (χ3n) is 2.31. The first-order valence-electron chi connectivity index (χ1n) is 4.46. The van der Waals surface area contributed by atoms with Crippen LogP contribution >= 0.6 is 0 Å². The molecular formula is C9H17NO2. The standard InChI is InChI=1S/C9H17NO2/c1-6-4-8(6)10-7(2)5-9(11)12-3/h6-8,10H,4-5H2,1-3H3. The third kappa shape index (κ3) is 2.81. The minimum absolute atomic E-state index is 0.136. The van der Waals surface area contributed by atoms with E-state index in [4.69, 9.17) is 0 Å². The summed E-state index contributed by atoms with van der Waals surface area (Å²) in [4.78, 5) is 10.8. The van der Waals surface area contributed by atoms with E-state index in [1.165, 1.54) is 13.5 Å². The molecule has 1 fully saturated rings. The Bertz CT molecular complexity index is 170. The van der Waals surface area contributed by atoms with Crippen molar-refractivity contribution in [3.8, 4) is 0 Å². The summed E-state index contributed by atoms with van der Waals surface area (Å²) in [6, 6.07) is 0.872. The fourth-order valence-electron chi connectivity index (χ4n) is 1.31. The molecule has 1 aliphatic rings. The van der Waals surface area contributed by atoms with Gasteiger partial charge in [0, 0.05) is 12.1 Å². The molecule has 12 heavy (non-hydrogen) atoms.